The molecule has 2 rings (SSSR count). The third-order valence-electron chi connectivity index (χ3n) is 3.09. The van der Waals surface area contributed by atoms with E-state index in [0.717, 1.165) is 36.0 Å². The molecule has 0 atom stereocenters. The van der Waals surface area contributed by atoms with Crippen LogP contribution in [0.1, 0.15) is 25.5 Å². The number of benzene rings is 1. The molecule has 0 fully saturated rings. The van der Waals surface area contributed by atoms with Crippen LogP contribution in [0.3, 0.4) is 0 Å². The van der Waals surface area contributed by atoms with Gasteiger partial charge in [-0.3, -0.25) is 0 Å². The maximum absolute atomic E-state index is 12.0. The molecule has 0 aliphatic rings. The topological polar surface area (TPSA) is 50.5 Å². The highest BCUT2D eigenvalue weighted by Gasteiger charge is 2.18. The Balaban J connectivity index is 2.41. The largest absolute Gasteiger partial charge is 0.461 e. The Labute approximate surface area is 114 Å². The molecule has 5 heteroatoms. The molecule has 0 aliphatic carbocycles. The third-order valence-corrected chi connectivity index (χ3v) is 4.91. The molecule has 19 heavy (non-hydrogen) atoms. The summed E-state index contributed by atoms with van der Waals surface area (Å²) in [4.78, 5) is 0.299. The fourth-order valence-corrected chi connectivity index (χ4v) is 2.86. The Hall–Kier alpha value is -1.33. The van der Waals surface area contributed by atoms with E-state index in [1.807, 2.05) is 6.07 Å². The van der Waals surface area contributed by atoms with Crippen molar-refractivity contribution in [2.75, 3.05) is 14.1 Å². The number of unbranched alkanes of at least 4 members (excludes halogenated alkanes) is 1. The molecule has 1 heterocycles. The van der Waals surface area contributed by atoms with E-state index in [2.05, 4.69) is 6.92 Å². The monoisotopic (exact) mass is 281 g/mol. The summed E-state index contributed by atoms with van der Waals surface area (Å²) in [6.45, 7) is 2.13. The van der Waals surface area contributed by atoms with Crippen LogP contribution in [0.4, 0.5) is 0 Å². The maximum Gasteiger partial charge on any atom is 0.242 e. The summed E-state index contributed by atoms with van der Waals surface area (Å²) < 4.78 is 31.0. The highest BCUT2D eigenvalue weighted by Crippen LogP contribution is 2.24. The van der Waals surface area contributed by atoms with Crippen LogP contribution in [0.5, 0.6) is 0 Å². The molecule has 104 valence electrons. The van der Waals surface area contributed by atoms with Crippen LogP contribution in [0, 0.1) is 0 Å². The van der Waals surface area contributed by atoms with Gasteiger partial charge < -0.3 is 4.42 Å². The van der Waals surface area contributed by atoms with Gasteiger partial charge in [0.25, 0.3) is 0 Å². The highest BCUT2D eigenvalue weighted by atomic mass is 32.2. The molecule has 0 saturated carbocycles. The standard InChI is InChI=1S/C14H19NO3S/c1-4-5-6-12-9-11-10-13(7-8-14(11)18-12)19(16,17)15(2)3/h7-10H,4-6H2,1-3H3. The van der Waals surface area contributed by atoms with E-state index in [-0.39, 0.29) is 0 Å². The summed E-state index contributed by atoms with van der Waals surface area (Å²) in [5, 5.41) is 0.842. The first-order valence-corrected chi connectivity index (χ1v) is 7.84. The van der Waals surface area contributed by atoms with E-state index in [0.29, 0.717) is 4.90 Å². The van der Waals surface area contributed by atoms with E-state index >= 15 is 0 Å². The van der Waals surface area contributed by atoms with Gasteiger partial charge in [0, 0.05) is 25.9 Å². The summed E-state index contributed by atoms with van der Waals surface area (Å²) in [6, 6.07) is 6.91. The Morgan fingerprint density at radius 1 is 1.21 bits per heavy atom. The Kier molecular flexibility index (Phi) is 3.96. The predicted molar refractivity (Wildman–Crippen MR) is 75.7 cm³/mol. The molecule has 2 aromatic rings. The van der Waals surface area contributed by atoms with Crippen LogP contribution in [-0.2, 0) is 16.4 Å². The first kappa shape index (κ1) is 14.1. The van der Waals surface area contributed by atoms with Crippen molar-refractivity contribution in [2.24, 2.45) is 0 Å². The summed E-state index contributed by atoms with van der Waals surface area (Å²) >= 11 is 0. The highest BCUT2D eigenvalue weighted by molar-refractivity contribution is 7.89. The van der Waals surface area contributed by atoms with Crippen molar-refractivity contribution in [3.63, 3.8) is 0 Å². The lowest BCUT2D eigenvalue weighted by atomic mass is 10.2. The second-order valence-corrected chi connectivity index (χ2v) is 6.96. The van der Waals surface area contributed by atoms with E-state index in [4.69, 9.17) is 4.42 Å². The van der Waals surface area contributed by atoms with Crippen LogP contribution in [0.15, 0.2) is 33.6 Å². The van der Waals surface area contributed by atoms with E-state index in [9.17, 15) is 8.42 Å². The van der Waals surface area contributed by atoms with Gasteiger partial charge in [0.05, 0.1) is 4.90 Å². The second kappa shape index (κ2) is 5.35. The molecule has 0 aliphatic heterocycles. The average molecular weight is 281 g/mol. The number of fused-ring (bicyclic) bond motifs is 1. The van der Waals surface area contributed by atoms with Crippen LogP contribution >= 0.6 is 0 Å². The summed E-state index contributed by atoms with van der Waals surface area (Å²) in [6.07, 6.45) is 3.07. The van der Waals surface area contributed by atoms with Gasteiger partial charge in [-0.1, -0.05) is 13.3 Å². The number of hydrogen-bond acceptors (Lipinski definition) is 3. The van der Waals surface area contributed by atoms with E-state index in [1.54, 1.807) is 18.2 Å². The lowest BCUT2D eigenvalue weighted by Crippen LogP contribution is -2.22. The maximum atomic E-state index is 12.0. The van der Waals surface area contributed by atoms with Crippen molar-refractivity contribution >= 4 is 21.0 Å². The predicted octanol–water partition coefficient (Wildman–Crippen LogP) is 3.03. The van der Waals surface area contributed by atoms with Crippen molar-refractivity contribution < 1.29 is 12.8 Å². The summed E-state index contributed by atoms with van der Waals surface area (Å²) in [5.41, 5.74) is 0.740. The molecule has 1 aromatic carbocycles. The zero-order valence-corrected chi connectivity index (χ0v) is 12.3. The number of nitrogens with zero attached hydrogens (tertiary/aromatic N) is 1. The summed E-state index contributed by atoms with van der Waals surface area (Å²) in [5.74, 6) is 0.913. The van der Waals surface area contributed by atoms with Crippen molar-refractivity contribution in [2.45, 2.75) is 31.1 Å². The van der Waals surface area contributed by atoms with Crippen LogP contribution < -0.4 is 0 Å². The van der Waals surface area contributed by atoms with Gasteiger partial charge in [0.1, 0.15) is 11.3 Å². The van der Waals surface area contributed by atoms with Crippen LogP contribution in [-0.4, -0.2) is 26.8 Å². The minimum absolute atomic E-state index is 0.299. The average Bonchev–Trinajstić information content (AvgIpc) is 2.77. The molecule has 0 radical (unpaired) electrons. The fraction of sp³-hybridized carbons (Fsp3) is 0.429. The molecule has 0 amide bonds. The molecule has 0 spiro atoms. The first-order chi connectivity index (χ1) is 8.95. The van der Waals surface area contributed by atoms with Gasteiger partial charge in [-0.15, -0.1) is 0 Å². The number of hydrogen-bond donors (Lipinski definition) is 0. The SMILES string of the molecule is CCCCc1cc2cc(S(=O)(=O)N(C)C)ccc2o1. The van der Waals surface area contributed by atoms with E-state index < -0.39 is 10.0 Å². The number of rotatable bonds is 5. The number of sulfonamides is 1. The molecule has 1 aromatic heterocycles. The molecular weight excluding hydrogens is 262 g/mol. The number of furan rings is 1. The smallest absolute Gasteiger partial charge is 0.242 e. The van der Waals surface area contributed by atoms with Crippen LogP contribution in [0.2, 0.25) is 0 Å². The van der Waals surface area contributed by atoms with Crippen molar-refractivity contribution in [1.29, 1.82) is 0 Å². The van der Waals surface area contributed by atoms with Gasteiger partial charge in [0.2, 0.25) is 10.0 Å². The lowest BCUT2D eigenvalue weighted by Gasteiger charge is -2.10. The first-order valence-electron chi connectivity index (χ1n) is 6.40. The van der Waals surface area contributed by atoms with E-state index in [1.165, 1.54) is 18.4 Å². The lowest BCUT2D eigenvalue weighted by molar-refractivity contribution is 0.520. The zero-order valence-electron chi connectivity index (χ0n) is 11.5. The molecule has 0 bridgehead atoms. The zero-order chi connectivity index (χ0) is 14.0. The summed E-state index contributed by atoms with van der Waals surface area (Å²) in [7, 11) is -0.326. The van der Waals surface area contributed by atoms with Gasteiger partial charge in [-0.05, 0) is 30.7 Å². The fourth-order valence-electron chi connectivity index (χ4n) is 1.92. The Morgan fingerprint density at radius 3 is 2.58 bits per heavy atom. The van der Waals surface area contributed by atoms with Crippen molar-refractivity contribution in [3.8, 4) is 0 Å². The van der Waals surface area contributed by atoms with Crippen molar-refractivity contribution in [3.05, 3.63) is 30.0 Å². The molecule has 4 nitrogen and oxygen atoms in total. The normalized spacial score (nSPS) is 12.4. The molecular formula is C14H19NO3S. The molecule has 0 saturated heterocycles. The van der Waals surface area contributed by atoms with Gasteiger partial charge >= 0.3 is 0 Å². The Bertz CT molecular complexity index is 671. The van der Waals surface area contributed by atoms with Gasteiger partial charge in [-0.25, -0.2) is 12.7 Å². The van der Waals surface area contributed by atoms with Gasteiger partial charge in [0.15, 0.2) is 0 Å². The minimum atomic E-state index is -3.38. The molecule has 0 N–H and O–H groups in total. The Morgan fingerprint density at radius 2 is 1.95 bits per heavy atom. The minimum Gasteiger partial charge on any atom is -0.461 e. The van der Waals surface area contributed by atoms with Gasteiger partial charge in [-0.2, -0.15) is 0 Å². The van der Waals surface area contributed by atoms with Crippen molar-refractivity contribution in [1.82, 2.24) is 4.31 Å². The molecule has 0 unspecified atom stereocenters. The second-order valence-electron chi connectivity index (χ2n) is 4.80. The van der Waals surface area contributed by atoms with Crippen LogP contribution in [0.25, 0.3) is 11.0 Å². The number of aryl methyl sites for hydroxylation is 1. The quantitative estimate of drug-likeness (QED) is 0.846. The third kappa shape index (κ3) is 2.82.